The predicted octanol–water partition coefficient (Wildman–Crippen LogP) is 0.141. The molecule has 2 heterocycles. The molecule has 1 saturated heterocycles. The molecule has 1 fully saturated rings. The van der Waals surface area contributed by atoms with Gasteiger partial charge in [-0.1, -0.05) is 0 Å². The lowest BCUT2D eigenvalue weighted by atomic mass is 10.1. The first-order valence-corrected chi connectivity index (χ1v) is 5.74. The van der Waals surface area contributed by atoms with Gasteiger partial charge in [0.2, 0.25) is 0 Å². The van der Waals surface area contributed by atoms with Gasteiger partial charge in [0.05, 0.1) is 30.8 Å². The van der Waals surface area contributed by atoms with Crippen LogP contribution in [-0.2, 0) is 11.8 Å². The van der Waals surface area contributed by atoms with Gasteiger partial charge in [-0.05, 0) is 6.92 Å². The normalized spacial score (nSPS) is 24.6. The van der Waals surface area contributed by atoms with Crippen molar-refractivity contribution in [2.24, 2.45) is 12.8 Å². The van der Waals surface area contributed by atoms with E-state index in [4.69, 9.17) is 10.5 Å². The van der Waals surface area contributed by atoms with E-state index in [1.54, 1.807) is 0 Å². The van der Waals surface area contributed by atoms with E-state index in [0.717, 1.165) is 19.7 Å². The first-order chi connectivity index (χ1) is 7.72. The number of nitrogens with two attached hydrogens (primary N) is 1. The number of ether oxygens (including phenoxy) is 1. The molecule has 16 heavy (non-hydrogen) atoms. The number of morpholine rings is 1. The van der Waals surface area contributed by atoms with Crippen LogP contribution in [-0.4, -0.2) is 46.8 Å². The largest absolute Gasteiger partial charge is 0.376 e. The molecule has 1 aliphatic heterocycles. The summed E-state index contributed by atoms with van der Waals surface area (Å²) in [5.41, 5.74) is 7.06. The Hall–Kier alpha value is -0.910. The molecular weight excluding hydrogens is 204 g/mol. The second-order valence-electron chi connectivity index (χ2n) is 4.36. The molecule has 2 unspecified atom stereocenters. The maximum atomic E-state index is 5.89. The van der Waals surface area contributed by atoms with Crippen LogP contribution < -0.4 is 5.73 Å². The van der Waals surface area contributed by atoms with Crippen molar-refractivity contribution in [2.75, 3.05) is 26.2 Å². The quantitative estimate of drug-likeness (QED) is 0.793. The number of imidazole rings is 1. The van der Waals surface area contributed by atoms with Gasteiger partial charge in [0, 0.05) is 32.9 Å². The fourth-order valence-corrected chi connectivity index (χ4v) is 2.27. The molecule has 0 aliphatic carbocycles. The zero-order chi connectivity index (χ0) is 11.5. The highest BCUT2D eigenvalue weighted by molar-refractivity contribution is 5.06. The molecule has 5 nitrogen and oxygen atoms in total. The second kappa shape index (κ2) is 4.95. The molecule has 0 aromatic carbocycles. The molecule has 1 aliphatic rings. The van der Waals surface area contributed by atoms with Crippen LogP contribution >= 0.6 is 0 Å². The molecule has 5 heteroatoms. The summed E-state index contributed by atoms with van der Waals surface area (Å²) in [7, 11) is 2.01. The monoisotopic (exact) mass is 224 g/mol. The second-order valence-corrected chi connectivity index (χ2v) is 4.36. The number of nitrogens with zero attached hydrogens (tertiary/aromatic N) is 3. The number of aromatic nitrogens is 2. The highest BCUT2D eigenvalue weighted by atomic mass is 16.5. The van der Waals surface area contributed by atoms with Crippen LogP contribution in [0.3, 0.4) is 0 Å². The highest BCUT2D eigenvalue weighted by Gasteiger charge is 2.26. The van der Waals surface area contributed by atoms with Crippen molar-refractivity contribution in [3.8, 4) is 0 Å². The molecule has 2 atom stereocenters. The van der Waals surface area contributed by atoms with Crippen LogP contribution in [0, 0.1) is 0 Å². The van der Waals surface area contributed by atoms with Gasteiger partial charge in [0.1, 0.15) is 0 Å². The van der Waals surface area contributed by atoms with Gasteiger partial charge in [-0.3, -0.25) is 4.90 Å². The molecule has 90 valence electrons. The van der Waals surface area contributed by atoms with Crippen molar-refractivity contribution in [3.63, 3.8) is 0 Å². The summed E-state index contributed by atoms with van der Waals surface area (Å²) in [6.45, 7) is 5.38. The highest BCUT2D eigenvalue weighted by Crippen LogP contribution is 2.21. The predicted molar refractivity (Wildman–Crippen MR) is 62.0 cm³/mol. The van der Waals surface area contributed by atoms with Crippen molar-refractivity contribution < 1.29 is 4.74 Å². The topological polar surface area (TPSA) is 56.3 Å². The lowest BCUT2D eigenvalue weighted by Gasteiger charge is -2.36. The average molecular weight is 224 g/mol. The summed E-state index contributed by atoms with van der Waals surface area (Å²) in [6.07, 6.45) is 4.01. The molecule has 0 spiro atoms. The van der Waals surface area contributed by atoms with Crippen LogP contribution in [0.1, 0.15) is 18.7 Å². The summed E-state index contributed by atoms with van der Waals surface area (Å²) >= 11 is 0. The molecular formula is C11H20N4O. The fourth-order valence-electron chi connectivity index (χ4n) is 2.27. The lowest BCUT2D eigenvalue weighted by Crippen LogP contribution is -2.45. The van der Waals surface area contributed by atoms with E-state index in [1.807, 2.05) is 24.1 Å². The SMILES string of the molecule is CC1CN(C(CN)c2cncn2C)CCO1. The van der Waals surface area contributed by atoms with Crippen LogP contribution in [0.5, 0.6) is 0 Å². The minimum atomic E-state index is 0.249. The van der Waals surface area contributed by atoms with E-state index >= 15 is 0 Å². The van der Waals surface area contributed by atoms with Crippen molar-refractivity contribution in [1.29, 1.82) is 0 Å². The summed E-state index contributed by atoms with van der Waals surface area (Å²) in [6, 6.07) is 0.249. The maximum Gasteiger partial charge on any atom is 0.0946 e. The van der Waals surface area contributed by atoms with Crippen molar-refractivity contribution in [3.05, 3.63) is 18.2 Å². The third kappa shape index (κ3) is 2.26. The third-order valence-electron chi connectivity index (χ3n) is 3.13. The Morgan fingerprint density at radius 2 is 2.50 bits per heavy atom. The summed E-state index contributed by atoms with van der Waals surface area (Å²) in [5, 5.41) is 0. The maximum absolute atomic E-state index is 5.89. The Bertz CT molecular complexity index is 338. The molecule has 1 aromatic heterocycles. The van der Waals surface area contributed by atoms with E-state index in [0.29, 0.717) is 6.54 Å². The summed E-state index contributed by atoms with van der Waals surface area (Å²) in [5.74, 6) is 0. The molecule has 0 radical (unpaired) electrons. The number of hydrogen-bond donors (Lipinski definition) is 1. The standard InChI is InChI=1S/C11H20N4O/c1-9-7-15(3-4-16-9)10(5-12)11-6-13-8-14(11)2/h6,8-10H,3-5,7,12H2,1-2H3. The Labute approximate surface area is 96.2 Å². The number of rotatable bonds is 3. The average Bonchev–Trinajstić information content (AvgIpc) is 2.67. The molecule has 2 N–H and O–H groups in total. The fraction of sp³-hybridized carbons (Fsp3) is 0.727. The Morgan fingerprint density at radius 3 is 3.06 bits per heavy atom. The Balaban J connectivity index is 2.13. The van der Waals surface area contributed by atoms with Crippen molar-refractivity contribution in [1.82, 2.24) is 14.5 Å². The molecule has 2 rings (SSSR count). The minimum absolute atomic E-state index is 0.249. The smallest absolute Gasteiger partial charge is 0.0946 e. The van der Waals surface area contributed by atoms with E-state index < -0.39 is 0 Å². The zero-order valence-electron chi connectivity index (χ0n) is 9.97. The number of aryl methyl sites for hydroxylation is 1. The zero-order valence-corrected chi connectivity index (χ0v) is 9.97. The van der Waals surface area contributed by atoms with Gasteiger partial charge in [-0.2, -0.15) is 0 Å². The van der Waals surface area contributed by atoms with Crippen LogP contribution in [0.4, 0.5) is 0 Å². The van der Waals surface area contributed by atoms with Gasteiger partial charge >= 0.3 is 0 Å². The Morgan fingerprint density at radius 1 is 1.69 bits per heavy atom. The molecule has 0 bridgehead atoms. The van der Waals surface area contributed by atoms with Gasteiger partial charge in [0.25, 0.3) is 0 Å². The van der Waals surface area contributed by atoms with Crippen LogP contribution in [0.2, 0.25) is 0 Å². The first-order valence-electron chi connectivity index (χ1n) is 5.74. The van der Waals surface area contributed by atoms with E-state index in [9.17, 15) is 0 Å². The Kier molecular flexibility index (Phi) is 3.58. The molecule has 1 aromatic rings. The van der Waals surface area contributed by atoms with Gasteiger partial charge in [0.15, 0.2) is 0 Å². The number of hydrogen-bond acceptors (Lipinski definition) is 4. The van der Waals surface area contributed by atoms with E-state index in [2.05, 4.69) is 16.8 Å². The van der Waals surface area contributed by atoms with Gasteiger partial charge in [-0.25, -0.2) is 4.98 Å². The summed E-state index contributed by atoms with van der Waals surface area (Å²) in [4.78, 5) is 6.53. The van der Waals surface area contributed by atoms with E-state index in [-0.39, 0.29) is 12.1 Å². The third-order valence-corrected chi connectivity index (χ3v) is 3.13. The van der Waals surface area contributed by atoms with Gasteiger partial charge in [-0.15, -0.1) is 0 Å². The first kappa shape index (κ1) is 11.6. The van der Waals surface area contributed by atoms with Crippen LogP contribution in [0.15, 0.2) is 12.5 Å². The van der Waals surface area contributed by atoms with E-state index in [1.165, 1.54) is 5.69 Å². The van der Waals surface area contributed by atoms with Crippen molar-refractivity contribution in [2.45, 2.75) is 19.1 Å². The molecule has 0 saturated carbocycles. The van der Waals surface area contributed by atoms with Gasteiger partial charge < -0.3 is 15.0 Å². The van der Waals surface area contributed by atoms with Crippen LogP contribution in [0.25, 0.3) is 0 Å². The molecule has 0 amide bonds. The lowest BCUT2D eigenvalue weighted by molar-refractivity contribution is -0.0342. The minimum Gasteiger partial charge on any atom is -0.376 e. The summed E-state index contributed by atoms with van der Waals surface area (Å²) < 4.78 is 7.58. The van der Waals surface area contributed by atoms with Crippen molar-refractivity contribution >= 4 is 0 Å².